The number of hydrogen-bond donors (Lipinski definition) is 2. The van der Waals surface area contributed by atoms with Crippen LogP contribution in [-0.4, -0.2) is 22.2 Å². The van der Waals surface area contributed by atoms with Crippen LogP contribution < -0.4 is 11.3 Å². The molecule has 0 aliphatic rings. The molecule has 1 heterocycles. The zero-order chi connectivity index (χ0) is 11.4. The minimum absolute atomic E-state index is 0.178. The quantitative estimate of drug-likeness (QED) is 0.562. The van der Waals surface area contributed by atoms with Gasteiger partial charge in [0.15, 0.2) is 0 Å². The Morgan fingerprint density at radius 2 is 2.27 bits per heavy atom. The molecule has 0 amide bonds. The molecule has 1 rings (SSSR count). The van der Waals surface area contributed by atoms with Gasteiger partial charge in [0.2, 0.25) is 0 Å². The first kappa shape index (κ1) is 12.1. The molecule has 6 heteroatoms. The highest BCUT2D eigenvalue weighted by atomic mass is 19.3. The van der Waals surface area contributed by atoms with Gasteiger partial charge in [0.25, 0.3) is 6.43 Å². The van der Waals surface area contributed by atoms with Crippen molar-refractivity contribution in [2.45, 2.75) is 32.2 Å². The molecule has 0 saturated carbocycles. The van der Waals surface area contributed by atoms with Gasteiger partial charge in [-0.05, 0) is 12.5 Å². The number of nitrogens with one attached hydrogen (secondary N) is 1. The minimum atomic E-state index is -2.48. The van der Waals surface area contributed by atoms with Gasteiger partial charge in [0.05, 0.1) is 11.7 Å². The average molecular weight is 218 g/mol. The molecule has 86 valence electrons. The van der Waals surface area contributed by atoms with Crippen molar-refractivity contribution in [1.29, 1.82) is 0 Å². The second-order valence-corrected chi connectivity index (χ2v) is 3.42. The van der Waals surface area contributed by atoms with E-state index >= 15 is 0 Å². The van der Waals surface area contributed by atoms with Gasteiger partial charge in [-0.3, -0.25) is 16.0 Å². The Kier molecular flexibility index (Phi) is 4.16. The molecule has 1 unspecified atom stereocenters. The topological polar surface area (TPSA) is 55.9 Å². The molecular weight excluding hydrogens is 202 g/mol. The lowest BCUT2D eigenvalue weighted by molar-refractivity contribution is 0.0975. The number of aromatic nitrogens is 2. The van der Waals surface area contributed by atoms with Crippen LogP contribution in [0.3, 0.4) is 0 Å². The standard InChI is InChI=1S/C9H16F2N4/c1-3-6-4-7(15(2)14-6)5-8(13-12)9(10)11/h4,8-9,13H,3,5,12H2,1-2H3. The van der Waals surface area contributed by atoms with Crippen molar-refractivity contribution in [2.75, 3.05) is 0 Å². The first-order valence-corrected chi connectivity index (χ1v) is 4.84. The fourth-order valence-corrected chi connectivity index (χ4v) is 1.38. The van der Waals surface area contributed by atoms with Crippen LogP contribution in [0.2, 0.25) is 0 Å². The Morgan fingerprint density at radius 3 is 2.67 bits per heavy atom. The van der Waals surface area contributed by atoms with Gasteiger partial charge >= 0.3 is 0 Å². The van der Waals surface area contributed by atoms with Crippen LogP contribution in [0, 0.1) is 0 Å². The summed E-state index contributed by atoms with van der Waals surface area (Å²) in [6.07, 6.45) is -1.50. The first-order valence-electron chi connectivity index (χ1n) is 4.84. The Hall–Kier alpha value is -1.01. The Balaban J connectivity index is 2.74. The van der Waals surface area contributed by atoms with Gasteiger partial charge in [-0.15, -0.1) is 0 Å². The number of nitrogens with zero attached hydrogens (tertiary/aromatic N) is 2. The number of alkyl halides is 2. The summed E-state index contributed by atoms with van der Waals surface area (Å²) in [7, 11) is 1.74. The zero-order valence-electron chi connectivity index (χ0n) is 8.87. The van der Waals surface area contributed by atoms with Crippen LogP contribution >= 0.6 is 0 Å². The maximum Gasteiger partial charge on any atom is 0.255 e. The van der Waals surface area contributed by atoms with E-state index in [0.29, 0.717) is 0 Å². The zero-order valence-corrected chi connectivity index (χ0v) is 8.87. The molecule has 0 aliphatic carbocycles. The highest BCUT2D eigenvalue weighted by Crippen LogP contribution is 2.10. The van der Waals surface area contributed by atoms with Gasteiger partial charge in [0, 0.05) is 19.2 Å². The van der Waals surface area contributed by atoms with Crippen LogP contribution in [0.1, 0.15) is 18.3 Å². The summed E-state index contributed by atoms with van der Waals surface area (Å²) in [6, 6.07) is 0.803. The van der Waals surface area contributed by atoms with Crippen LogP contribution in [-0.2, 0) is 19.9 Å². The Labute approximate surface area is 87.4 Å². The first-order chi connectivity index (χ1) is 7.08. The third-order valence-electron chi connectivity index (χ3n) is 2.34. The molecule has 1 atom stereocenters. The van der Waals surface area contributed by atoms with Gasteiger partial charge in [-0.2, -0.15) is 5.10 Å². The lowest BCUT2D eigenvalue weighted by Gasteiger charge is -2.14. The Morgan fingerprint density at radius 1 is 1.60 bits per heavy atom. The highest BCUT2D eigenvalue weighted by Gasteiger charge is 2.20. The van der Waals surface area contributed by atoms with Crippen molar-refractivity contribution in [3.05, 3.63) is 17.5 Å². The third kappa shape index (κ3) is 2.97. The van der Waals surface area contributed by atoms with Gasteiger partial charge in [-0.1, -0.05) is 6.92 Å². The van der Waals surface area contributed by atoms with Gasteiger partial charge < -0.3 is 0 Å². The average Bonchev–Trinajstić information content (AvgIpc) is 2.55. The van der Waals surface area contributed by atoms with E-state index in [1.54, 1.807) is 11.7 Å². The van der Waals surface area contributed by atoms with Crippen molar-refractivity contribution in [2.24, 2.45) is 12.9 Å². The van der Waals surface area contributed by atoms with Gasteiger partial charge in [0.1, 0.15) is 0 Å². The van der Waals surface area contributed by atoms with E-state index in [2.05, 4.69) is 10.5 Å². The lowest BCUT2D eigenvalue weighted by Crippen LogP contribution is -2.42. The molecule has 0 fully saturated rings. The fraction of sp³-hybridized carbons (Fsp3) is 0.667. The summed E-state index contributed by atoms with van der Waals surface area (Å²) in [5.74, 6) is 5.05. The SMILES string of the molecule is CCc1cc(CC(NN)C(F)F)n(C)n1. The monoisotopic (exact) mass is 218 g/mol. The Bertz CT molecular complexity index is 311. The van der Waals surface area contributed by atoms with Gasteiger partial charge in [-0.25, -0.2) is 8.78 Å². The summed E-state index contributed by atoms with van der Waals surface area (Å²) in [5.41, 5.74) is 3.77. The van der Waals surface area contributed by atoms with Crippen LogP contribution in [0.25, 0.3) is 0 Å². The number of aryl methyl sites for hydroxylation is 2. The number of rotatable bonds is 5. The molecule has 4 nitrogen and oxygen atoms in total. The second-order valence-electron chi connectivity index (χ2n) is 3.42. The largest absolute Gasteiger partial charge is 0.272 e. The molecule has 0 spiro atoms. The van der Waals surface area contributed by atoms with E-state index in [-0.39, 0.29) is 6.42 Å². The van der Waals surface area contributed by atoms with E-state index < -0.39 is 12.5 Å². The van der Waals surface area contributed by atoms with Crippen LogP contribution in [0.15, 0.2) is 6.07 Å². The summed E-state index contributed by atoms with van der Waals surface area (Å²) >= 11 is 0. The molecule has 0 radical (unpaired) electrons. The predicted octanol–water partition coefficient (Wildman–Crippen LogP) is 0.622. The molecule has 1 aromatic rings. The summed E-state index contributed by atoms with van der Waals surface area (Å²) in [5, 5.41) is 4.18. The molecule has 0 aliphatic heterocycles. The summed E-state index contributed by atoms with van der Waals surface area (Å²) < 4.78 is 26.5. The van der Waals surface area contributed by atoms with Crippen molar-refractivity contribution in [3.8, 4) is 0 Å². The molecule has 15 heavy (non-hydrogen) atoms. The minimum Gasteiger partial charge on any atom is -0.272 e. The summed E-state index contributed by atoms with van der Waals surface area (Å²) in [4.78, 5) is 0. The number of halogens is 2. The third-order valence-corrected chi connectivity index (χ3v) is 2.34. The lowest BCUT2D eigenvalue weighted by atomic mass is 10.1. The maximum absolute atomic E-state index is 12.4. The molecule has 1 aromatic heterocycles. The number of nitrogens with two attached hydrogens (primary N) is 1. The molecule has 0 aromatic carbocycles. The van der Waals surface area contributed by atoms with E-state index in [1.165, 1.54) is 0 Å². The van der Waals surface area contributed by atoms with Crippen LogP contribution in [0.5, 0.6) is 0 Å². The molecule has 0 bridgehead atoms. The predicted molar refractivity (Wildman–Crippen MR) is 53.4 cm³/mol. The van der Waals surface area contributed by atoms with E-state index in [4.69, 9.17) is 5.84 Å². The van der Waals surface area contributed by atoms with Crippen molar-refractivity contribution in [1.82, 2.24) is 15.2 Å². The van der Waals surface area contributed by atoms with Crippen molar-refractivity contribution >= 4 is 0 Å². The molecule has 3 N–H and O–H groups in total. The number of hydrogen-bond acceptors (Lipinski definition) is 3. The van der Waals surface area contributed by atoms with E-state index in [0.717, 1.165) is 17.8 Å². The summed E-state index contributed by atoms with van der Waals surface area (Å²) in [6.45, 7) is 1.97. The molecule has 0 saturated heterocycles. The van der Waals surface area contributed by atoms with Crippen molar-refractivity contribution in [3.63, 3.8) is 0 Å². The fourth-order valence-electron chi connectivity index (χ4n) is 1.38. The molecular formula is C9H16F2N4. The van der Waals surface area contributed by atoms with Crippen LogP contribution in [0.4, 0.5) is 8.78 Å². The van der Waals surface area contributed by atoms with E-state index in [9.17, 15) is 8.78 Å². The number of hydrazine groups is 1. The maximum atomic E-state index is 12.4. The smallest absolute Gasteiger partial charge is 0.255 e. The van der Waals surface area contributed by atoms with Crippen molar-refractivity contribution < 1.29 is 8.78 Å². The highest BCUT2D eigenvalue weighted by molar-refractivity contribution is 5.11. The second kappa shape index (κ2) is 5.18. The normalized spacial score (nSPS) is 13.5. The van der Waals surface area contributed by atoms with E-state index in [1.807, 2.05) is 13.0 Å².